The maximum absolute atomic E-state index is 13.2. The highest BCUT2D eigenvalue weighted by Gasteiger charge is 2.30. The van der Waals surface area contributed by atoms with Gasteiger partial charge in [0.1, 0.15) is 11.8 Å². The second-order valence-electron chi connectivity index (χ2n) is 7.98. The summed E-state index contributed by atoms with van der Waals surface area (Å²) < 4.78 is 5.69. The zero-order valence-electron chi connectivity index (χ0n) is 18.1. The highest BCUT2D eigenvalue weighted by molar-refractivity contribution is 6.31. The molecule has 1 aliphatic rings. The van der Waals surface area contributed by atoms with Gasteiger partial charge in [0.15, 0.2) is 6.61 Å². The fourth-order valence-electron chi connectivity index (χ4n) is 4.02. The fraction of sp³-hybridized carbons (Fsp3) is 0.440. The van der Waals surface area contributed by atoms with Crippen molar-refractivity contribution in [2.75, 3.05) is 6.61 Å². The number of halogens is 1. The van der Waals surface area contributed by atoms with Crippen molar-refractivity contribution in [3.8, 4) is 5.75 Å². The Bertz CT molecular complexity index is 853. The minimum atomic E-state index is -0.579. The smallest absolute Gasteiger partial charge is 0.261 e. The normalized spacial score (nSPS) is 15.2. The molecule has 0 spiro atoms. The summed E-state index contributed by atoms with van der Waals surface area (Å²) in [5.41, 5.74) is 0.807. The third kappa shape index (κ3) is 6.73. The molecule has 31 heavy (non-hydrogen) atoms. The number of para-hydroxylation sites is 1. The molecule has 166 valence electrons. The average molecular weight is 443 g/mol. The van der Waals surface area contributed by atoms with Crippen molar-refractivity contribution >= 4 is 23.4 Å². The number of hydrogen-bond acceptors (Lipinski definition) is 3. The van der Waals surface area contributed by atoms with Crippen molar-refractivity contribution < 1.29 is 14.3 Å². The van der Waals surface area contributed by atoms with Crippen molar-refractivity contribution in [2.45, 2.75) is 64.1 Å². The summed E-state index contributed by atoms with van der Waals surface area (Å²) in [6.07, 6.45) is 6.00. The molecule has 0 heterocycles. The quantitative estimate of drug-likeness (QED) is 0.596. The van der Waals surface area contributed by atoms with E-state index in [1.54, 1.807) is 23.1 Å². The van der Waals surface area contributed by atoms with Crippen LogP contribution in [0.2, 0.25) is 5.02 Å². The maximum atomic E-state index is 13.2. The van der Waals surface area contributed by atoms with Crippen LogP contribution < -0.4 is 10.1 Å². The van der Waals surface area contributed by atoms with Gasteiger partial charge in [-0.1, -0.05) is 74.2 Å². The highest BCUT2D eigenvalue weighted by atomic mass is 35.5. The zero-order valence-corrected chi connectivity index (χ0v) is 18.8. The third-order valence-corrected chi connectivity index (χ3v) is 6.11. The molecule has 1 N–H and O–H groups in total. The molecule has 1 saturated carbocycles. The highest BCUT2D eigenvalue weighted by Crippen LogP contribution is 2.22. The van der Waals surface area contributed by atoms with Gasteiger partial charge in [0.05, 0.1) is 0 Å². The summed E-state index contributed by atoms with van der Waals surface area (Å²) in [7, 11) is 0. The number of carbonyl (C=O) groups excluding carboxylic acids is 2. The van der Waals surface area contributed by atoms with E-state index in [1.165, 1.54) is 6.42 Å². The van der Waals surface area contributed by atoms with E-state index in [1.807, 2.05) is 43.3 Å². The molecule has 1 atom stereocenters. The van der Waals surface area contributed by atoms with Crippen molar-refractivity contribution in [3.05, 3.63) is 65.2 Å². The first-order valence-corrected chi connectivity index (χ1v) is 11.5. The molecule has 2 aromatic rings. The molecule has 2 aromatic carbocycles. The molecule has 0 aromatic heterocycles. The standard InChI is InChI=1S/C25H31ClN2O3/c1-2-23(25(30)27-20-12-5-3-6-13-20)28(17-19-11-9-10-16-22(19)26)24(29)18-31-21-14-7-4-8-15-21/h4,7-11,14-16,20,23H,2-3,5-6,12-13,17-18H2,1H3,(H,27,30)/t23-/m1/s1. The van der Waals surface area contributed by atoms with Gasteiger partial charge in [-0.3, -0.25) is 9.59 Å². The van der Waals surface area contributed by atoms with Gasteiger partial charge in [0.25, 0.3) is 5.91 Å². The lowest BCUT2D eigenvalue weighted by molar-refractivity contribution is -0.143. The van der Waals surface area contributed by atoms with Crippen molar-refractivity contribution in [3.63, 3.8) is 0 Å². The van der Waals surface area contributed by atoms with Gasteiger partial charge in [-0.2, -0.15) is 0 Å². The van der Waals surface area contributed by atoms with Crippen LogP contribution in [0, 0.1) is 0 Å². The Balaban J connectivity index is 1.75. The first-order chi connectivity index (χ1) is 15.1. The first-order valence-electron chi connectivity index (χ1n) is 11.1. The summed E-state index contributed by atoms with van der Waals surface area (Å²) >= 11 is 6.36. The number of rotatable bonds is 9. The summed E-state index contributed by atoms with van der Waals surface area (Å²) in [4.78, 5) is 28.0. The molecule has 0 saturated heterocycles. The number of benzene rings is 2. The van der Waals surface area contributed by atoms with Crippen molar-refractivity contribution in [1.82, 2.24) is 10.2 Å². The van der Waals surface area contributed by atoms with Gasteiger partial charge in [-0.25, -0.2) is 0 Å². The largest absolute Gasteiger partial charge is 0.484 e. The Kier molecular flexibility index (Phi) is 8.77. The lowest BCUT2D eigenvalue weighted by Crippen LogP contribution is -2.52. The Hall–Kier alpha value is -2.53. The van der Waals surface area contributed by atoms with Gasteiger partial charge in [-0.15, -0.1) is 0 Å². The molecule has 1 fully saturated rings. The number of ether oxygens (including phenoxy) is 1. The number of carbonyl (C=O) groups is 2. The van der Waals surface area contributed by atoms with Gasteiger partial charge < -0.3 is 15.0 Å². The molecule has 0 aliphatic heterocycles. The number of nitrogens with one attached hydrogen (secondary N) is 1. The Morgan fingerprint density at radius 1 is 1.06 bits per heavy atom. The van der Waals surface area contributed by atoms with Crippen LogP contribution >= 0.6 is 11.6 Å². The lowest BCUT2D eigenvalue weighted by Gasteiger charge is -2.33. The van der Waals surface area contributed by atoms with E-state index in [0.29, 0.717) is 17.2 Å². The van der Waals surface area contributed by atoms with Crippen LogP contribution in [0.1, 0.15) is 51.0 Å². The molecular formula is C25H31ClN2O3. The van der Waals surface area contributed by atoms with Crippen LogP contribution in [0.5, 0.6) is 5.75 Å². The van der Waals surface area contributed by atoms with Crippen LogP contribution in [0.3, 0.4) is 0 Å². The predicted octanol–water partition coefficient (Wildman–Crippen LogP) is 4.98. The van der Waals surface area contributed by atoms with Gasteiger partial charge in [0, 0.05) is 17.6 Å². The molecule has 1 aliphatic carbocycles. The van der Waals surface area contributed by atoms with E-state index in [4.69, 9.17) is 16.3 Å². The average Bonchev–Trinajstić information content (AvgIpc) is 2.80. The maximum Gasteiger partial charge on any atom is 0.261 e. The van der Waals surface area contributed by atoms with Gasteiger partial charge in [-0.05, 0) is 43.0 Å². The second-order valence-corrected chi connectivity index (χ2v) is 8.39. The van der Waals surface area contributed by atoms with Crippen molar-refractivity contribution in [1.29, 1.82) is 0 Å². The molecule has 6 heteroatoms. The SMILES string of the molecule is CC[C@H](C(=O)NC1CCCCC1)N(Cc1ccccc1Cl)C(=O)COc1ccccc1. The zero-order chi connectivity index (χ0) is 22.1. The van der Waals surface area contributed by atoms with E-state index < -0.39 is 6.04 Å². The molecule has 0 bridgehead atoms. The molecule has 2 amide bonds. The minimum absolute atomic E-state index is 0.102. The summed E-state index contributed by atoms with van der Waals surface area (Å²) in [6, 6.07) is 16.2. The van der Waals surface area contributed by atoms with Crippen LogP contribution in [0.25, 0.3) is 0 Å². The molecule has 0 radical (unpaired) electrons. The number of amides is 2. The van der Waals surface area contributed by atoms with Gasteiger partial charge in [0.2, 0.25) is 5.91 Å². The third-order valence-electron chi connectivity index (χ3n) is 5.74. The molecule has 0 unspecified atom stereocenters. The van der Waals surface area contributed by atoms with E-state index in [-0.39, 0.29) is 31.0 Å². The summed E-state index contributed by atoms with van der Waals surface area (Å²) in [6.45, 7) is 2.05. The van der Waals surface area contributed by atoms with Crippen LogP contribution in [-0.2, 0) is 16.1 Å². The minimum Gasteiger partial charge on any atom is -0.484 e. The Labute approximate surface area is 189 Å². The van der Waals surface area contributed by atoms with Crippen LogP contribution in [0.15, 0.2) is 54.6 Å². The van der Waals surface area contributed by atoms with Gasteiger partial charge >= 0.3 is 0 Å². The van der Waals surface area contributed by atoms with Crippen molar-refractivity contribution in [2.24, 2.45) is 0 Å². The van der Waals surface area contributed by atoms with E-state index in [0.717, 1.165) is 31.2 Å². The lowest BCUT2D eigenvalue weighted by atomic mass is 9.95. The summed E-state index contributed by atoms with van der Waals surface area (Å²) in [5.74, 6) is 0.275. The second kappa shape index (κ2) is 11.8. The summed E-state index contributed by atoms with van der Waals surface area (Å²) in [5, 5.41) is 3.75. The monoisotopic (exact) mass is 442 g/mol. The first kappa shape index (κ1) is 23.1. The fourth-order valence-corrected chi connectivity index (χ4v) is 4.21. The Morgan fingerprint density at radius 2 is 1.74 bits per heavy atom. The number of nitrogens with zero attached hydrogens (tertiary/aromatic N) is 1. The van der Waals surface area contributed by atoms with E-state index >= 15 is 0 Å². The molecule has 3 rings (SSSR count). The topological polar surface area (TPSA) is 58.6 Å². The van der Waals surface area contributed by atoms with E-state index in [2.05, 4.69) is 5.32 Å². The molecule has 5 nitrogen and oxygen atoms in total. The van der Waals surface area contributed by atoms with E-state index in [9.17, 15) is 9.59 Å². The Morgan fingerprint density at radius 3 is 2.42 bits per heavy atom. The predicted molar refractivity (Wildman–Crippen MR) is 123 cm³/mol. The van der Waals surface area contributed by atoms with Crippen LogP contribution in [-0.4, -0.2) is 35.4 Å². The van der Waals surface area contributed by atoms with Crippen LogP contribution in [0.4, 0.5) is 0 Å². The molecular weight excluding hydrogens is 412 g/mol. The number of hydrogen-bond donors (Lipinski definition) is 1.